The minimum Gasteiger partial charge on any atom is -0.295 e. The van der Waals surface area contributed by atoms with Gasteiger partial charge in [0.1, 0.15) is 0 Å². The topological polar surface area (TPSA) is 63.2 Å². The Morgan fingerprint density at radius 1 is 1.14 bits per heavy atom. The number of benzene rings is 2. The number of ketones is 1. The number of nitrogens with one attached hydrogen (secondary N) is 1. The molecule has 0 spiro atoms. The van der Waals surface area contributed by atoms with Crippen LogP contribution in [0, 0.1) is 0 Å². The van der Waals surface area contributed by atoms with Crippen molar-refractivity contribution in [3.05, 3.63) is 64.7 Å². The molecule has 0 atom stereocenters. The van der Waals surface area contributed by atoms with Gasteiger partial charge in [-0.15, -0.1) is 0 Å². The Bertz CT molecular complexity index is 755. The Balaban J connectivity index is 2.13. The van der Waals surface area contributed by atoms with Gasteiger partial charge < -0.3 is 0 Å². The van der Waals surface area contributed by atoms with Crippen LogP contribution in [0.25, 0.3) is 0 Å². The summed E-state index contributed by atoms with van der Waals surface area (Å²) in [6, 6.07) is 12.8. The first-order chi connectivity index (χ1) is 9.88. The molecule has 0 aromatic heterocycles. The highest BCUT2D eigenvalue weighted by Gasteiger charge is 2.14. The summed E-state index contributed by atoms with van der Waals surface area (Å²) in [5.74, 6) is -0.106. The Morgan fingerprint density at radius 3 is 2.38 bits per heavy atom. The van der Waals surface area contributed by atoms with Gasteiger partial charge in [-0.3, -0.25) is 4.79 Å². The van der Waals surface area contributed by atoms with Crippen molar-refractivity contribution in [1.82, 2.24) is 4.72 Å². The predicted molar refractivity (Wildman–Crippen MR) is 81.9 cm³/mol. The van der Waals surface area contributed by atoms with E-state index in [1.54, 1.807) is 24.3 Å². The van der Waals surface area contributed by atoms with Crippen molar-refractivity contribution < 1.29 is 13.2 Å². The largest absolute Gasteiger partial charge is 0.295 e. The van der Waals surface area contributed by atoms with Crippen molar-refractivity contribution in [2.45, 2.75) is 18.4 Å². The van der Waals surface area contributed by atoms with Crippen LogP contribution in [0.3, 0.4) is 0 Å². The van der Waals surface area contributed by atoms with Gasteiger partial charge in [0.25, 0.3) is 0 Å². The molecule has 0 bridgehead atoms. The first kappa shape index (κ1) is 15.7. The molecule has 0 heterocycles. The number of Topliss-reactive ketones (excluding diaryl/α,β-unsaturated/α-hetero) is 1. The molecule has 0 aliphatic rings. The lowest BCUT2D eigenvalue weighted by molar-refractivity contribution is 0.101. The maximum absolute atomic E-state index is 12.1. The Kier molecular flexibility index (Phi) is 4.77. The molecule has 0 aliphatic heterocycles. The summed E-state index contributed by atoms with van der Waals surface area (Å²) in [7, 11) is -3.62. The molecule has 0 saturated carbocycles. The minimum atomic E-state index is -3.62. The second kappa shape index (κ2) is 6.39. The molecule has 0 saturated heterocycles. The monoisotopic (exact) mass is 323 g/mol. The van der Waals surface area contributed by atoms with Crippen LogP contribution in [0.1, 0.15) is 22.8 Å². The van der Waals surface area contributed by atoms with Gasteiger partial charge in [0, 0.05) is 17.1 Å². The second-order valence-corrected chi connectivity index (χ2v) is 6.74. The number of carbonyl (C=O) groups excluding carboxylic acids is 1. The molecule has 0 amide bonds. The number of rotatable bonds is 5. The van der Waals surface area contributed by atoms with E-state index in [-0.39, 0.29) is 17.2 Å². The van der Waals surface area contributed by atoms with Crippen molar-refractivity contribution in [2.75, 3.05) is 0 Å². The van der Waals surface area contributed by atoms with E-state index in [1.807, 2.05) is 0 Å². The zero-order chi connectivity index (χ0) is 15.5. The van der Waals surface area contributed by atoms with E-state index in [1.165, 1.54) is 31.2 Å². The molecule has 0 unspecified atom stereocenters. The Morgan fingerprint density at radius 2 is 1.81 bits per heavy atom. The highest BCUT2D eigenvalue weighted by Crippen LogP contribution is 2.14. The average Bonchev–Trinajstić information content (AvgIpc) is 2.45. The fourth-order valence-electron chi connectivity index (χ4n) is 1.78. The highest BCUT2D eigenvalue weighted by atomic mass is 35.5. The van der Waals surface area contributed by atoms with Crippen LogP contribution in [0.15, 0.2) is 53.4 Å². The summed E-state index contributed by atoms with van der Waals surface area (Å²) >= 11 is 5.85. The summed E-state index contributed by atoms with van der Waals surface area (Å²) in [5.41, 5.74) is 1.25. The van der Waals surface area contributed by atoms with E-state index in [0.717, 1.165) is 5.56 Å². The van der Waals surface area contributed by atoms with Crippen molar-refractivity contribution in [3.63, 3.8) is 0 Å². The van der Waals surface area contributed by atoms with Gasteiger partial charge in [-0.25, -0.2) is 13.1 Å². The number of hydrogen-bond donors (Lipinski definition) is 1. The third-order valence-corrected chi connectivity index (χ3v) is 4.58. The first-order valence-corrected chi connectivity index (χ1v) is 8.10. The van der Waals surface area contributed by atoms with Crippen LogP contribution in [0.2, 0.25) is 5.02 Å². The lowest BCUT2D eigenvalue weighted by atomic mass is 10.2. The fraction of sp³-hybridized carbons (Fsp3) is 0.133. The lowest BCUT2D eigenvalue weighted by Gasteiger charge is -2.07. The second-order valence-electron chi connectivity index (χ2n) is 4.54. The van der Waals surface area contributed by atoms with Crippen LogP contribution >= 0.6 is 11.6 Å². The van der Waals surface area contributed by atoms with E-state index in [2.05, 4.69) is 4.72 Å². The van der Waals surface area contributed by atoms with E-state index < -0.39 is 10.0 Å². The molecule has 2 aromatic rings. The van der Waals surface area contributed by atoms with Gasteiger partial charge in [0.2, 0.25) is 10.0 Å². The molecular formula is C15H14ClNO3S. The van der Waals surface area contributed by atoms with E-state index >= 15 is 0 Å². The highest BCUT2D eigenvalue weighted by molar-refractivity contribution is 7.89. The molecule has 0 aliphatic carbocycles. The van der Waals surface area contributed by atoms with Crippen LogP contribution in [-0.4, -0.2) is 14.2 Å². The molecule has 21 heavy (non-hydrogen) atoms. The standard InChI is InChI=1S/C15H14ClNO3S/c1-11(18)13-5-7-15(8-6-13)21(19,20)17-10-12-3-2-4-14(16)9-12/h2-9,17H,10H2,1H3. The normalized spacial score (nSPS) is 11.3. The van der Waals surface area contributed by atoms with E-state index in [4.69, 9.17) is 11.6 Å². The predicted octanol–water partition coefficient (Wildman–Crippen LogP) is 3.02. The lowest BCUT2D eigenvalue weighted by Crippen LogP contribution is -2.23. The maximum Gasteiger partial charge on any atom is 0.240 e. The quantitative estimate of drug-likeness (QED) is 0.860. The zero-order valence-electron chi connectivity index (χ0n) is 11.3. The molecule has 0 fully saturated rings. The third-order valence-electron chi connectivity index (χ3n) is 2.93. The maximum atomic E-state index is 12.1. The smallest absolute Gasteiger partial charge is 0.240 e. The summed E-state index contributed by atoms with van der Waals surface area (Å²) in [5, 5.41) is 0.553. The summed E-state index contributed by atoms with van der Waals surface area (Å²) < 4.78 is 26.8. The zero-order valence-corrected chi connectivity index (χ0v) is 12.9. The summed E-state index contributed by atoms with van der Waals surface area (Å²) in [4.78, 5) is 11.3. The van der Waals surface area contributed by atoms with Crippen LogP contribution in [0.5, 0.6) is 0 Å². The molecule has 110 valence electrons. The number of sulfonamides is 1. The Hall–Kier alpha value is -1.69. The molecule has 0 radical (unpaired) electrons. The molecule has 1 N–H and O–H groups in total. The minimum absolute atomic E-state index is 0.106. The van der Waals surface area contributed by atoms with Crippen LogP contribution in [0.4, 0.5) is 0 Å². The third kappa shape index (κ3) is 4.14. The van der Waals surface area contributed by atoms with Gasteiger partial charge in [0.05, 0.1) is 4.90 Å². The van der Waals surface area contributed by atoms with Crippen LogP contribution in [-0.2, 0) is 16.6 Å². The van der Waals surface area contributed by atoms with Crippen molar-refractivity contribution in [1.29, 1.82) is 0 Å². The van der Waals surface area contributed by atoms with E-state index in [0.29, 0.717) is 10.6 Å². The molecule has 2 rings (SSSR count). The van der Waals surface area contributed by atoms with Gasteiger partial charge in [-0.1, -0.05) is 35.9 Å². The molecule has 6 heteroatoms. The first-order valence-electron chi connectivity index (χ1n) is 6.23. The van der Waals surface area contributed by atoms with Crippen LogP contribution < -0.4 is 4.72 Å². The SMILES string of the molecule is CC(=O)c1ccc(S(=O)(=O)NCc2cccc(Cl)c2)cc1. The van der Waals surface area contributed by atoms with Gasteiger partial charge >= 0.3 is 0 Å². The number of halogens is 1. The summed E-state index contributed by atoms with van der Waals surface area (Å²) in [6.07, 6.45) is 0. The van der Waals surface area contributed by atoms with Gasteiger partial charge in [0.15, 0.2) is 5.78 Å². The number of hydrogen-bond acceptors (Lipinski definition) is 3. The van der Waals surface area contributed by atoms with Gasteiger partial charge in [-0.2, -0.15) is 0 Å². The molecular weight excluding hydrogens is 310 g/mol. The molecule has 4 nitrogen and oxygen atoms in total. The van der Waals surface area contributed by atoms with Crippen molar-refractivity contribution in [3.8, 4) is 0 Å². The Labute approximate surface area is 128 Å². The van der Waals surface area contributed by atoms with E-state index in [9.17, 15) is 13.2 Å². The summed E-state index contributed by atoms with van der Waals surface area (Å²) in [6.45, 7) is 1.58. The van der Waals surface area contributed by atoms with Crippen molar-refractivity contribution >= 4 is 27.4 Å². The molecule has 2 aromatic carbocycles. The average molecular weight is 324 g/mol. The fourth-order valence-corrected chi connectivity index (χ4v) is 3.01. The van der Waals surface area contributed by atoms with Gasteiger partial charge in [-0.05, 0) is 36.8 Å². The van der Waals surface area contributed by atoms with Crippen molar-refractivity contribution in [2.24, 2.45) is 0 Å². The number of carbonyl (C=O) groups is 1.